The average molecular weight is 253 g/mol. The van der Waals surface area contributed by atoms with Crippen LogP contribution in [0.1, 0.15) is 41.0 Å². The molecule has 0 N–H and O–H groups in total. The Morgan fingerprint density at radius 3 is 1.94 bits per heavy atom. The molecule has 0 fully saturated rings. The number of nitrogens with zero attached hydrogens (tertiary/aromatic N) is 1. The summed E-state index contributed by atoms with van der Waals surface area (Å²) in [6.07, 6.45) is -3.58. The minimum absolute atomic E-state index is 0.0637. The second kappa shape index (κ2) is 5.74. The number of rotatable bonds is 4. The standard InChI is InChI=1S/C12H22F3NO/c1-6-10(11(3,4)5)7-16(9(2)17)8-12(13,14)15/h10H,6-8H2,1-5H3. The quantitative estimate of drug-likeness (QED) is 0.751. The fourth-order valence-electron chi connectivity index (χ4n) is 1.80. The van der Waals surface area contributed by atoms with E-state index in [0.29, 0.717) is 0 Å². The molecule has 0 heterocycles. The Labute approximate surface area is 101 Å². The first kappa shape index (κ1) is 16.3. The van der Waals surface area contributed by atoms with Gasteiger partial charge in [0.15, 0.2) is 0 Å². The van der Waals surface area contributed by atoms with Gasteiger partial charge in [0.1, 0.15) is 6.54 Å². The first-order chi connectivity index (χ1) is 7.47. The first-order valence-electron chi connectivity index (χ1n) is 5.79. The molecular formula is C12H22F3NO. The summed E-state index contributed by atoms with van der Waals surface area (Å²) in [5.74, 6) is -0.459. The van der Waals surface area contributed by atoms with Crippen molar-refractivity contribution in [2.75, 3.05) is 13.1 Å². The van der Waals surface area contributed by atoms with E-state index in [4.69, 9.17) is 0 Å². The van der Waals surface area contributed by atoms with Gasteiger partial charge in [0.25, 0.3) is 0 Å². The van der Waals surface area contributed by atoms with Gasteiger partial charge in [-0.25, -0.2) is 0 Å². The summed E-state index contributed by atoms with van der Waals surface area (Å²) in [5, 5.41) is 0. The summed E-state index contributed by atoms with van der Waals surface area (Å²) in [4.78, 5) is 12.1. The maximum atomic E-state index is 12.3. The number of halogens is 3. The van der Waals surface area contributed by atoms with Crippen molar-refractivity contribution < 1.29 is 18.0 Å². The number of carbonyl (C=O) groups excluding carboxylic acids is 1. The molecule has 0 aliphatic rings. The van der Waals surface area contributed by atoms with Crippen LogP contribution in [0.15, 0.2) is 0 Å². The van der Waals surface area contributed by atoms with Crippen LogP contribution in [0.3, 0.4) is 0 Å². The van der Waals surface area contributed by atoms with Gasteiger partial charge in [-0.3, -0.25) is 4.79 Å². The van der Waals surface area contributed by atoms with Crippen molar-refractivity contribution in [2.24, 2.45) is 11.3 Å². The molecular weight excluding hydrogens is 231 g/mol. The third kappa shape index (κ3) is 6.54. The third-order valence-corrected chi connectivity index (χ3v) is 2.97. The predicted molar refractivity (Wildman–Crippen MR) is 61.5 cm³/mol. The molecule has 102 valence electrons. The highest BCUT2D eigenvalue weighted by Gasteiger charge is 2.34. The Kier molecular flexibility index (Phi) is 5.49. The van der Waals surface area contributed by atoms with Gasteiger partial charge in [0.2, 0.25) is 5.91 Å². The molecule has 0 saturated carbocycles. The Bertz CT molecular complexity index is 255. The lowest BCUT2D eigenvalue weighted by atomic mass is 9.79. The van der Waals surface area contributed by atoms with E-state index in [-0.39, 0.29) is 17.9 Å². The molecule has 1 atom stereocenters. The van der Waals surface area contributed by atoms with Gasteiger partial charge >= 0.3 is 6.18 Å². The normalized spacial score (nSPS) is 14.6. The molecule has 5 heteroatoms. The van der Waals surface area contributed by atoms with E-state index in [1.807, 2.05) is 27.7 Å². The van der Waals surface area contributed by atoms with Gasteiger partial charge in [0, 0.05) is 13.5 Å². The monoisotopic (exact) mass is 253 g/mol. The van der Waals surface area contributed by atoms with Crippen LogP contribution in [-0.2, 0) is 4.79 Å². The summed E-state index contributed by atoms with van der Waals surface area (Å²) >= 11 is 0. The van der Waals surface area contributed by atoms with Crippen LogP contribution in [0.5, 0.6) is 0 Å². The molecule has 0 spiro atoms. The molecule has 1 unspecified atom stereocenters. The van der Waals surface area contributed by atoms with Crippen molar-refractivity contribution in [1.82, 2.24) is 4.90 Å². The zero-order valence-electron chi connectivity index (χ0n) is 11.2. The Hall–Kier alpha value is -0.740. The lowest BCUT2D eigenvalue weighted by Crippen LogP contribution is -2.43. The van der Waals surface area contributed by atoms with Crippen molar-refractivity contribution in [3.63, 3.8) is 0 Å². The fourth-order valence-corrected chi connectivity index (χ4v) is 1.80. The van der Waals surface area contributed by atoms with Crippen molar-refractivity contribution in [3.8, 4) is 0 Å². The molecule has 0 aliphatic carbocycles. The zero-order chi connectivity index (χ0) is 13.9. The lowest BCUT2D eigenvalue weighted by molar-refractivity contribution is -0.162. The van der Waals surface area contributed by atoms with Crippen LogP contribution >= 0.6 is 0 Å². The maximum absolute atomic E-state index is 12.3. The number of hydrogen-bond donors (Lipinski definition) is 0. The smallest absolute Gasteiger partial charge is 0.334 e. The molecule has 0 radical (unpaired) electrons. The summed E-state index contributed by atoms with van der Waals surface area (Å²) in [5.41, 5.74) is -0.103. The van der Waals surface area contributed by atoms with Crippen molar-refractivity contribution >= 4 is 5.91 Å². The minimum Gasteiger partial charge on any atom is -0.334 e. The van der Waals surface area contributed by atoms with E-state index in [9.17, 15) is 18.0 Å². The third-order valence-electron chi connectivity index (χ3n) is 2.97. The van der Waals surface area contributed by atoms with Gasteiger partial charge in [-0.2, -0.15) is 13.2 Å². The van der Waals surface area contributed by atoms with Crippen LogP contribution < -0.4 is 0 Å². The second-order valence-electron chi connectivity index (χ2n) is 5.49. The highest BCUT2D eigenvalue weighted by molar-refractivity contribution is 5.73. The van der Waals surface area contributed by atoms with Gasteiger partial charge in [-0.05, 0) is 11.3 Å². The van der Waals surface area contributed by atoms with Crippen molar-refractivity contribution in [1.29, 1.82) is 0 Å². The fraction of sp³-hybridized carbons (Fsp3) is 0.917. The molecule has 0 saturated heterocycles. The van der Waals surface area contributed by atoms with Gasteiger partial charge in [-0.15, -0.1) is 0 Å². The van der Waals surface area contributed by atoms with Gasteiger partial charge < -0.3 is 4.90 Å². The summed E-state index contributed by atoms with van der Waals surface area (Å²) < 4.78 is 37.0. The summed E-state index contributed by atoms with van der Waals surface area (Å²) in [6, 6.07) is 0. The molecule has 0 bridgehead atoms. The van der Waals surface area contributed by atoms with Crippen LogP contribution in [0, 0.1) is 11.3 Å². The molecule has 17 heavy (non-hydrogen) atoms. The topological polar surface area (TPSA) is 20.3 Å². The second-order valence-corrected chi connectivity index (χ2v) is 5.49. The average Bonchev–Trinajstić information content (AvgIpc) is 2.07. The highest BCUT2D eigenvalue weighted by atomic mass is 19.4. The van der Waals surface area contributed by atoms with Crippen LogP contribution in [-0.4, -0.2) is 30.1 Å². The molecule has 0 aliphatic heterocycles. The Balaban J connectivity index is 4.70. The SMILES string of the molecule is CCC(CN(CC(F)(F)F)C(C)=O)C(C)(C)C. The lowest BCUT2D eigenvalue weighted by Gasteiger charge is -2.34. The van der Waals surface area contributed by atoms with E-state index >= 15 is 0 Å². The number of alkyl halides is 3. The van der Waals surface area contributed by atoms with E-state index < -0.39 is 18.6 Å². The Morgan fingerprint density at radius 2 is 1.71 bits per heavy atom. The van der Waals surface area contributed by atoms with Gasteiger partial charge in [0.05, 0.1) is 0 Å². The van der Waals surface area contributed by atoms with Crippen molar-refractivity contribution in [3.05, 3.63) is 0 Å². The summed E-state index contributed by atoms with van der Waals surface area (Å²) in [6.45, 7) is 8.06. The van der Waals surface area contributed by atoms with E-state index in [1.165, 1.54) is 6.92 Å². The molecule has 2 nitrogen and oxygen atoms in total. The van der Waals surface area contributed by atoms with E-state index in [0.717, 1.165) is 11.3 Å². The van der Waals surface area contributed by atoms with Crippen LogP contribution in [0.25, 0.3) is 0 Å². The first-order valence-corrected chi connectivity index (χ1v) is 5.79. The highest BCUT2D eigenvalue weighted by Crippen LogP contribution is 2.30. The molecule has 0 rings (SSSR count). The predicted octanol–water partition coefficient (Wildman–Crippen LogP) is 3.47. The van der Waals surface area contributed by atoms with Crippen LogP contribution in [0.2, 0.25) is 0 Å². The molecule has 0 aromatic heterocycles. The van der Waals surface area contributed by atoms with Gasteiger partial charge in [-0.1, -0.05) is 34.1 Å². The maximum Gasteiger partial charge on any atom is 0.406 e. The number of amides is 1. The number of hydrogen-bond acceptors (Lipinski definition) is 1. The van der Waals surface area contributed by atoms with Crippen LogP contribution in [0.4, 0.5) is 13.2 Å². The minimum atomic E-state index is -4.33. The van der Waals surface area contributed by atoms with E-state index in [2.05, 4.69) is 0 Å². The zero-order valence-corrected chi connectivity index (χ0v) is 11.2. The molecule has 1 amide bonds. The molecule has 0 aromatic rings. The largest absolute Gasteiger partial charge is 0.406 e. The Morgan fingerprint density at radius 1 is 1.24 bits per heavy atom. The molecule has 0 aromatic carbocycles. The van der Waals surface area contributed by atoms with Crippen molar-refractivity contribution in [2.45, 2.75) is 47.2 Å². The number of carbonyl (C=O) groups is 1. The summed E-state index contributed by atoms with van der Waals surface area (Å²) in [7, 11) is 0. The van der Waals surface area contributed by atoms with E-state index in [1.54, 1.807) is 0 Å².